The van der Waals surface area contributed by atoms with E-state index >= 15 is 0 Å². The van der Waals surface area contributed by atoms with Crippen molar-refractivity contribution in [1.82, 2.24) is 19.6 Å². The van der Waals surface area contributed by atoms with E-state index in [9.17, 15) is 4.79 Å². The van der Waals surface area contributed by atoms with Crippen LogP contribution in [0.5, 0.6) is 0 Å². The molecule has 1 aromatic carbocycles. The smallest absolute Gasteiger partial charge is 0.341 e. The fourth-order valence-corrected chi connectivity index (χ4v) is 2.54. The summed E-state index contributed by atoms with van der Waals surface area (Å²) in [5.74, 6) is -0.0273. The molecular formula is C17H17N5O2. The summed E-state index contributed by atoms with van der Waals surface area (Å²) in [7, 11) is 0. The fraction of sp³-hybridized carbons (Fsp3) is 0.294. The van der Waals surface area contributed by atoms with Gasteiger partial charge in [-0.05, 0) is 36.6 Å². The lowest BCUT2D eigenvalue weighted by molar-refractivity contribution is 0.0526. The largest absolute Gasteiger partial charge is 0.462 e. The maximum atomic E-state index is 11.7. The number of carbonyl (C=O) groups excluding carboxylic acids is 1. The number of hydrogen-bond acceptors (Lipinski definition) is 4. The number of esters is 1. The summed E-state index contributed by atoms with van der Waals surface area (Å²) < 4.78 is 8.41. The molecule has 0 unspecified atom stereocenters. The number of aryl methyl sites for hydroxylation is 1. The lowest BCUT2D eigenvalue weighted by Gasteiger charge is -2.02. The second-order valence-electron chi connectivity index (χ2n) is 5.25. The topological polar surface area (TPSA) is 66.3 Å². The summed E-state index contributed by atoms with van der Waals surface area (Å²) >= 11 is 0. The van der Waals surface area contributed by atoms with Crippen molar-refractivity contribution in [2.24, 2.45) is 0 Å². The molecule has 0 aliphatic heterocycles. The molecule has 0 amide bonds. The Hall–Kier alpha value is -3.14. The van der Waals surface area contributed by atoms with E-state index in [0.717, 1.165) is 29.6 Å². The standard InChI is InChI=1S/C17H17N5O2/c1-4-8-21-15-7-6-13(9-14(15)16(18-3)20-21)22-11-12(10-19-22)17(23)24-5-2/h6-7,9-11H,4-5,8H2,1-2H3. The third-order valence-corrected chi connectivity index (χ3v) is 3.61. The zero-order valence-corrected chi connectivity index (χ0v) is 13.6. The number of fused-ring (bicyclic) bond motifs is 1. The van der Waals surface area contributed by atoms with Gasteiger partial charge in [-0.25, -0.2) is 9.48 Å². The van der Waals surface area contributed by atoms with Crippen LogP contribution in [0.1, 0.15) is 30.6 Å². The minimum Gasteiger partial charge on any atom is -0.462 e. The van der Waals surface area contributed by atoms with Gasteiger partial charge in [0.2, 0.25) is 0 Å². The SMILES string of the molecule is [C-]#[N+]c1nn(CCC)c2ccc(-n3cc(C(=O)OCC)cn3)cc12. The molecule has 0 radical (unpaired) electrons. The van der Waals surface area contributed by atoms with E-state index in [4.69, 9.17) is 11.3 Å². The van der Waals surface area contributed by atoms with Crippen molar-refractivity contribution in [2.45, 2.75) is 26.8 Å². The number of rotatable bonds is 5. The molecule has 0 fully saturated rings. The van der Waals surface area contributed by atoms with Gasteiger partial charge in [-0.3, -0.25) is 0 Å². The van der Waals surface area contributed by atoms with Crippen molar-refractivity contribution < 1.29 is 9.53 Å². The highest BCUT2D eigenvalue weighted by atomic mass is 16.5. The van der Waals surface area contributed by atoms with Gasteiger partial charge in [-0.1, -0.05) is 13.5 Å². The molecule has 7 heteroatoms. The molecule has 0 spiro atoms. The zero-order chi connectivity index (χ0) is 17.1. The van der Waals surface area contributed by atoms with Crippen LogP contribution in [0.4, 0.5) is 5.82 Å². The highest BCUT2D eigenvalue weighted by Crippen LogP contribution is 2.28. The number of benzene rings is 1. The molecule has 3 aromatic rings. The van der Waals surface area contributed by atoms with Crippen LogP contribution < -0.4 is 0 Å². The minimum absolute atomic E-state index is 0.320. The molecule has 24 heavy (non-hydrogen) atoms. The van der Waals surface area contributed by atoms with E-state index < -0.39 is 5.97 Å². The third-order valence-electron chi connectivity index (χ3n) is 3.61. The summed E-state index contributed by atoms with van der Waals surface area (Å²) in [4.78, 5) is 15.3. The average molecular weight is 323 g/mol. The molecule has 0 aliphatic rings. The lowest BCUT2D eigenvalue weighted by Crippen LogP contribution is -2.03. The van der Waals surface area contributed by atoms with E-state index in [0.29, 0.717) is 18.0 Å². The highest BCUT2D eigenvalue weighted by Gasteiger charge is 2.15. The maximum Gasteiger partial charge on any atom is 0.341 e. The number of hydrogen-bond donors (Lipinski definition) is 0. The first kappa shape index (κ1) is 15.7. The second-order valence-corrected chi connectivity index (χ2v) is 5.25. The number of carbonyl (C=O) groups is 1. The summed E-state index contributed by atoms with van der Waals surface area (Å²) in [6.07, 6.45) is 4.03. The molecule has 0 aliphatic carbocycles. The van der Waals surface area contributed by atoms with Crippen LogP contribution in [0.25, 0.3) is 21.4 Å². The van der Waals surface area contributed by atoms with E-state index in [1.54, 1.807) is 17.8 Å². The summed E-state index contributed by atoms with van der Waals surface area (Å²) in [6.45, 7) is 12.2. The van der Waals surface area contributed by atoms with Gasteiger partial charge in [0, 0.05) is 11.6 Å². The molecule has 0 saturated carbocycles. The van der Waals surface area contributed by atoms with E-state index in [-0.39, 0.29) is 0 Å². The minimum atomic E-state index is -0.401. The third kappa shape index (κ3) is 2.74. The Bertz CT molecular complexity index is 932. The average Bonchev–Trinajstić information content (AvgIpc) is 3.20. The molecule has 0 bridgehead atoms. The number of ether oxygens (including phenoxy) is 1. The molecule has 7 nitrogen and oxygen atoms in total. The molecule has 122 valence electrons. The van der Waals surface area contributed by atoms with Gasteiger partial charge in [0.15, 0.2) is 0 Å². The second kappa shape index (κ2) is 6.54. The molecule has 2 aromatic heterocycles. The van der Waals surface area contributed by atoms with Crippen molar-refractivity contribution in [3.05, 3.63) is 47.6 Å². The van der Waals surface area contributed by atoms with Crippen LogP contribution in [-0.4, -0.2) is 32.1 Å². The van der Waals surface area contributed by atoms with Crippen LogP contribution in [0, 0.1) is 6.57 Å². The molecule has 0 atom stereocenters. The molecule has 3 rings (SSSR count). The van der Waals surface area contributed by atoms with Crippen LogP contribution in [-0.2, 0) is 11.3 Å². The fourth-order valence-electron chi connectivity index (χ4n) is 2.54. The predicted molar refractivity (Wildman–Crippen MR) is 89.4 cm³/mol. The summed E-state index contributed by atoms with van der Waals surface area (Å²) in [5.41, 5.74) is 2.08. The Balaban J connectivity index is 2.02. The Morgan fingerprint density at radius 1 is 1.38 bits per heavy atom. The van der Waals surface area contributed by atoms with Gasteiger partial charge in [0.25, 0.3) is 0 Å². The van der Waals surface area contributed by atoms with Crippen LogP contribution in [0.2, 0.25) is 0 Å². The summed E-state index contributed by atoms with van der Waals surface area (Å²) in [5, 5.41) is 9.34. The first-order chi connectivity index (χ1) is 11.7. The van der Waals surface area contributed by atoms with Crippen molar-refractivity contribution >= 4 is 22.7 Å². The highest BCUT2D eigenvalue weighted by molar-refractivity contribution is 5.92. The Labute approximate surface area is 139 Å². The zero-order valence-electron chi connectivity index (χ0n) is 13.6. The Morgan fingerprint density at radius 2 is 2.21 bits per heavy atom. The van der Waals surface area contributed by atoms with Crippen molar-refractivity contribution in [3.63, 3.8) is 0 Å². The first-order valence-corrected chi connectivity index (χ1v) is 7.78. The molecule has 0 saturated heterocycles. The first-order valence-electron chi connectivity index (χ1n) is 7.78. The van der Waals surface area contributed by atoms with Gasteiger partial charge in [0.1, 0.15) is 0 Å². The molecule has 2 heterocycles. The van der Waals surface area contributed by atoms with Crippen LogP contribution in [0.15, 0.2) is 30.6 Å². The Morgan fingerprint density at radius 3 is 2.92 bits per heavy atom. The normalized spacial score (nSPS) is 10.7. The van der Waals surface area contributed by atoms with Gasteiger partial charge in [-0.2, -0.15) is 9.78 Å². The predicted octanol–water partition coefficient (Wildman–Crippen LogP) is 3.36. The Kier molecular flexibility index (Phi) is 4.29. The molecule has 0 N–H and O–H groups in total. The van der Waals surface area contributed by atoms with Crippen molar-refractivity contribution in [2.75, 3.05) is 6.61 Å². The van der Waals surface area contributed by atoms with Crippen molar-refractivity contribution in [1.29, 1.82) is 0 Å². The van der Waals surface area contributed by atoms with Crippen LogP contribution in [0.3, 0.4) is 0 Å². The van der Waals surface area contributed by atoms with Gasteiger partial charge < -0.3 is 9.58 Å². The van der Waals surface area contributed by atoms with E-state index in [1.807, 2.05) is 22.9 Å². The quantitative estimate of drug-likeness (QED) is 0.533. The van der Waals surface area contributed by atoms with Gasteiger partial charge in [0.05, 0.1) is 36.1 Å². The lowest BCUT2D eigenvalue weighted by atomic mass is 10.2. The van der Waals surface area contributed by atoms with E-state index in [1.165, 1.54) is 6.20 Å². The van der Waals surface area contributed by atoms with Gasteiger partial charge in [-0.15, -0.1) is 0 Å². The maximum absolute atomic E-state index is 11.7. The molecular weight excluding hydrogens is 306 g/mol. The van der Waals surface area contributed by atoms with Crippen LogP contribution >= 0.6 is 0 Å². The van der Waals surface area contributed by atoms with E-state index in [2.05, 4.69) is 22.0 Å². The van der Waals surface area contributed by atoms with Crippen molar-refractivity contribution in [3.8, 4) is 5.69 Å². The number of aromatic nitrogens is 4. The number of nitrogens with zero attached hydrogens (tertiary/aromatic N) is 5. The van der Waals surface area contributed by atoms with Gasteiger partial charge >= 0.3 is 11.8 Å². The summed E-state index contributed by atoms with van der Waals surface area (Å²) in [6, 6.07) is 5.68. The monoisotopic (exact) mass is 323 g/mol.